The first-order chi connectivity index (χ1) is 8.58. The quantitative estimate of drug-likeness (QED) is 0.877. The predicted octanol–water partition coefficient (Wildman–Crippen LogP) is 3.40. The fourth-order valence-corrected chi connectivity index (χ4v) is 1.91. The Bertz CT molecular complexity index is 582. The molecule has 0 saturated heterocycles. The molecule has 0 aliphatic carbocycles. The van der Waals surface area contributed by atoms with Gasteiger partial charge in [0.25, 0.3) is 0 Å². The number of nitrogen functional groups attached to an aromatic ring is 1. The number of nitrogens with zero attached hydrogens (tertiary/aromatic N) is 1. The molecular weight excluding hydrogens is 271 g/mol. The lowest BCUT2D eigenvalue weighted by atomic mass is 10.1. The summed E-state index contributed by atoms with van der Waals surface area (Å²) >= 11 is 11.9. The third kappa shape index (κ3) is 2.81. The molecule has 0 radical (unpaired) electrons. The average molecular weight is 281 g/mol. The molecule has 2 rings (SSSR count). The van der Waals surface area contributed by atoms with Crippen molar-refractivity contribution < 1.29 is 4.79 Å². The van der Waals surface area contributed by atoms with Crippen LogP contribution in [0.1, 0.15) is 16.1 Å². The number of nitrogens with two attached hydrogens (primary N) is 1. The number of anilines is 1. The highest BCUT2D eigenvalue weighted by Crippen LogP contribution is 2.26. The minimum Gasteiger partial charge on any atom is -0.397 e. The van der Waals surface area contributed by atoms with Crippen molar-refractivity contribution in [1.82, 2.24) is 4.98 Å². The molecule has 3 nitrogen and oxygen atoms in total. The molecule has 0 aliphatic rings. The monoisotopic (exact) mass is 280 g/mol. The van der Waals surface area contributed by atoms with Crippen LogP contribution < -0.4 is 5.73 Å². The van der Waals surface area contributed by atoms with Gasteiger partial charge in [-0.25, -0.2) is 0 Å². The van der Waals surface area contributed by atoms with Crippen LogP contribution in [-0.2, 0) is 6.42 Å². The fourth-order valence-electron chi connectivity index (χ4n) is 1.52. The van der Waals surface area contributed by atoms with Crippen LogP contribution in [-0.4, -0.2) is 10.8 Å². The summed E-state index contributed by atoms with van der Waals surface area (Å²) in [5.41, 5.74) is 7.08. The minimum absolute atomic E-state index is 0.126. The first-order valence-electron chi connectivity index (χ1n) is 5.25. The van der Waals surface area contributed by atoms with Gasteiger partial charge >= 0.3 is 0 Å². The summed E-state index contributed by atoms with van der Waals surface area (Å²) in [6, 6.07) is 8.44. The van der Waals surface area contributed by atoms with E-state index >= 15 is 0 Å². The van der Waals surface area contributed by atoms with Crippen molar-refractivity contribution in [3.05, 3.63) is 57.8 Å². The van der Waals surface area contributed by atoms with E-state index in [9.17, 15) is 4.79 Å². The van der Waals surface area contributed by atoms with Crippen LogP contribution >= 0.6 is 23.2 Å². The fraction of sp³-hybridized carbons (Fsp3) is 0.0769. The Labute approximate surface area is 115 Å². The lowest BCUT2D eigenvalue weighted by Crippen LogP contribution is -2.06. The Morgan fingerprint density at radius 3 is 2.67 bits per heavy atom. The highest BCUT2D eigenvalue weighted by atomic mass is 35.5. The van der Waals surface area contributed by atoms with Gasteiger partial charge in [-0.15, -0.1) is 0 Å². The molecule has 92 valence electrons. The standard InChI is InChI=1S/C13H10Cl2N2O/c14-10-3-1-2-8(13(10)15)6-12(18)11-5-4-9(16)7-17-11/h1-5,7H,6,16H2. The van der Waals surface area contributed by atoms with Gasteiger partial charge in [0.2, 0.25) is 0 Å². The van der Waals surface area contributed by atoms with Crippen molar-refractivity contribution in [3.8, 4) is 0 Å². The molecule has 1 aromatic heterocycles. The van der Waals surface area contributed by atoms with Crippen LogP contribution in [0.4, 0.5) is 5.69 Å². The highest BCUT2D eigenvalue weighted by molar-refractivity contribution is 6.42. The molecule has 0 amide bonds. The van der Waals surface area contributed by atoms with Gasteiger partial charge < -0.3 is 5.73 Å². The maximum Gasteiger partial charge on any atom is 0.185 e. The van der Waals surface area contributed by atoms with E-state index in [0.717, 1.165) is 0 Å². The summed E-state index contributed by atoms with van der Waals surface area (Å²) in [6.07, 6.45) is 1.61. The van der Waals surface area contributed by atoms with Crippen LogP contribution in [0.3, 0.4) is 0 Å². The number of halogens is 2. The molecule has 0 bridgehead atoms. The van der Waals surface area contributed by atoms with E-state index in [0.29, 0.717) is 27.0 Å². The summed E-state index contributed by atoms with van der Waals surface area (Å²) in [7, 11) is 0. The Morgan fingerprint density at radius 2 is 2.00 bits per heavy atom. The van der Waals surface area contributed by atoms with E-state index < -0.39 is 0 Å². The van der Waals surface area contributed by atoms with E-state index in [1.165, 1.54) is 6.20 Å². The van der Waals surface area contributed by atoms with Gasteiger partial charge in [-0.05, 0) is 23.8 Å². The molecule has 0 atom stereocenters. The van der Waals surface area contributed by atoms with E-state index in [1.807, 2.05) is 0 Å². The minimum atomic E-state index is -0.126. The van der Waals surface area contributed by atoms with Crippen molar-refractivity contribution in [2.24, 2.45) is 0 Å². The number of rotatable bonds is 3. The van der Waals surface area contributed by atoms with Crippen LogP contribution in [0.5, 0.6) is 0 Å². The molecule has 2 N–H and O–H groups in total. The van der Waals surface area contributed by atoms with E-state index in [4.69, 9.17) is 28.9 Å². The molecule has 0 unspecified atom stereocenters. The third-order valence-electron chi connectivity index (χ3n) is 2.45. The number of hydrogen-bond acceptors (Lipinski definition) is 3. The van der Waals surface area contributed by atoms with Crippen LogP contribution in [0.2, 0.25) is 10.0 Å². The van der Waals surface area contributed by atoms with Gasteiger partial charge in [-0.3, -0.25) is 9.78 Å². The first-order valence-corrected chi connectivity index (χ1v) is 6.01. The first kappa shape index (κ1) is 12.9. The Kier molecular flexibility index (Phi) is 3.84. The average Bonchev–Trinajstić information content (AvgIpc) is 2.36. The van der Waals surface area contributed by atoms with Crippen molar-refractivity contribution in [1.29, 1.82) is 0 Å². The van der Waals surface area contributed by atoms with Crippen LogP contribution in [0.25, 0.3) is 0 Å². The number of benzene rings is 1. The molecule has 5 heteroatoms. The molecular formula is C13H10Cl2N2O. The number of carbonyl (C=O) groups is 1. The van der Waals surface area contributed by atoms with Crippen molar-refractivity contribution in [3.63, 3.8) is 0 Å². The lowest BCUT2D eigenvalue weighted by Gasteiger charge is -2.05. The number of pyridine rings is 1. The Morgan fingerprint density at radius 1 is 1.22 bits per heavy atom. The maximum absolute atomic E-state index is 12.0. The Hall–Kier alpha value is -1.58. The smallest absolute Gasteiger partial charge is 0.185 e. The second kappa shape index (κ2) is 5.38. The summed E-state index contributed by atoms with van der Waals surface area (Å²) in [5.74, 6) is -0.126. The number of hydrogen-bond donors (Lipinski definition) is 1. The molecule has 0 fully saturated rings. The molecule has 1 heterocycles. The van der Waals surface area contributed by atoms with E-state index in [2.05, 4.69) is 4.98 Å². The topological polar surface area (TPSA) is 56.0 Å². The molecule has 0 spiro atoms. The van der Waals surface area contributed by atoms with E-state index in [1.54, 1.807) is 30.3 Å². The number of carbonyl (C=O) groups excluding carboxylic acids is 1. The summed E-state index contributed by atoms with van der Waals surface area (Å²) in [5, 5.41) is 0.843. The van der Waals surface area contributed by atoms with Gasteiger partial charge in [-0.1, -0.05) is 35.3 Å². The zero-order valence-corrected chi connectivity index (χ0v) is 10.9. The molecule has 0 aliphatic heterocycles. The van der Waals surface area contributed by atoms with Crippen molar-refractivity contribution >= 4 is 34.7 Å². The lowest BCUT2D eigenvalue weighted by molar-refractivity contribution is 0.0988. The van der Waals surface area contributed by atoms with Crippen molar-refractivity contribution in [2.45, 2.75) is 6.42 Å². The maximum atomic E-state index is 12.0. The van der Waals surface area contributed by atoms with Gasteiger partial charge in [0.1, 0.15) is 5.69 Å². The van der Waals surface area contributed by atoms with Crippen LogP contribution in [0.15, 0.2) is 36.5 Å². The highest BCUT2D eigenvalue weighted by Gasteiger charge is 2.12. The van der Waals surface area contributed by atoms with Crippen molar-refractivity contribution in [2.75, 3.05) is 5.73 Å². The predicted molar refractivity (Wildman–Crippen MR) is 73.1 cm³/mol. The zero-order chi connectivity index (χ0) is 13.1. The number of ketones is 1. The second-order valence-electron chi connectivity index (χ2n) is 3.79. The summed E-state index contributed by atoms with van der Waals surface area (Å²) in [6.45, 7) is 0. The number of Topliss-reactive ketones (excluding diaryl/α,β-unsaturated/α-hetero) is 1. The molecule has 2 aromatic rings. The SMILES string of the molecule is Nc1ccc(C(=O)Cc2cccc(Cl)c2Cl)nc1. The second-order valence-corrected chi connectivity index (χ2v) is 4.57. The summed E-state index contributed by atoms with van der Waals surface area (Å²) < 4.78 is 0. The largest absolute Gasteiger partial charge is 0.397 e. The molecule has 0 saturated carbocycles. The number of aromatic nitrogens is 1. The van der Waals surface area contributed by atoms with Crippen LogP contribution in [0, 0.1) is 0 Å². The molecule has 1 aromatic carbocycles. The Balaban J connectivity index is 2.21. The van der Waals surface area contributed by atoms with Gasteiger partial charge in [-0.2, -0.15) is 0 Å². The van der Waals surface area contributed by atoms with Gasteiger partial charge in [0.05, 0.1) is 21.9 Å². The summed E-state index contributed by atoms with van der Waals surface area (Å²) in [4.78, 5) is 16.0. The zero-order valence-electron chi connectivity index (χ0n) is 9.36. The van der Waals surface area contributed by atoms with E-state index in [-0.39, 0.29) is 12.2 Å². The third-order valence-corrected chi connectivity index (χ3v) is 3.31. The van der Waals surface area contributed by atoms with Gasteiger partial charge in [0, 0.05) is 6.42 Å². The molecule has 18 heavy (non-hydrogen) atoms. The normalized spacial score (nSPS) is 10.3. The van der Waals surface area contributed by atoms with Gasteiger partial charge in [0.15, 0.2) is 5.78 Å².